The lowest BCUT2D eigenvalue weighted by atomic mass is 10.6. The number of rotatable bonds is 2. The van der Waals surface area contributed by atoms with Crippen molar-refractivity contribution in [1.82, 2.24) is 9.34 Å². The standard InChI is InChI=1S/C5H15N2OP.C3H8/c1-6(2)9(5,8)7(3)4;1-3-2/h1-5H3;3H2,1-2H3. The average Bonchev–Trinajstić information content (AvgIpc) is 1.88. The molecule has 3 nitrogen and oxygen atoms in total. The van der Waals surface area contributed by atoms with Gasteiger partial charge in [0, 0.05) is 6.66 Å². The van der Waals surface area contributed by atoms with Crippen molar-refractivity contribution in [3.05, 3.63) is 0 Å². The molecule has 0 atom stereocenters. The Morgan fingerprint density at radius 2 is 1.17 bits per heavy atom. The van der Waals surface area contributed by atoms with Gasteiger partial charge in [0.2, 0.25) is 7.44 Å². The highest BCUT2D eigenvalue weighted by Crippen LogP contribution is 2.44. The summed E-state index contributed by atoms with van der Waals surface area (Å²) in [6.07, 6.45) is 1.25. The molecule has 0 aliphatic rings. The van der Waals surface area contributed by atoms with E-state index in [1.54, 1.807) is 16.0 Å². The molecule has 0 aliphatic carbocycles. The molecule has 0 rings (SSSR count). The van der Waals surface area contributed by atoms with Gasteiger partial charge < -0.3 is 0 Å². The van der Waals surface area contributed by atoms with Gasteiger partial charge in [-0.15, -0.1) is 0 Å². The molecule has 0 saturated heterocycles. The lowest BCUT2D eigenvalue weighted by Gasteiger charge is -2.26. The molecule has 0 heterocycles. The van der Waals surface area contributed by atoms with Crippen LogP contribution in [-0.2, 0) is 4.57 Å². The van der Waals surface area contributed by atoms with Gasteiger partial charge >= 0.3 is 0 Å². The molecule has 0 N–H and O–H groups in total. The van der Waals surface area contributed by atoms with Crippen molar-refractivity contribution in [2.45, 2.75) is 20.3 Å². The fraction of sp³-hybridized carbons (Fsp3) is 1.00. The van der Waals surface area contributed by atoms with Crippen LogP contribution in [0.2, 0.25) is 0 Å². The van der Waals surface area contributed by atoms with Gasteiger partial charge in [-0.3, -0.25) is 4.57 Å². The molecule has 0 radical (unpaired) electrons. The molecule has 0 aromatic heterocycles. The number of hydrogen-bond donors (Lipinski definition) is 0. The van der Waals surface area contributed by atoms with E-state index >= 15 is 0 Å². The smallest absolute Gasteiger partial charge is 0.212 e. The average molecular weight is 194 g/mol. The van der Waals surface area contributed by atoms with Crippen LogP contribution < -0.4 is 0 Å². The van der Waals surface area contributed by atoms with E-state index in [2.05, 4.69) is 13.8 Å². The lowest BCUT2D eigenvalue weighted by Crippen LogP contribution is -2.19. The molecular formula is C8H23N2OP. The normalized spacial score (nSPS) is 11.4. The van der Waals surface area contributed by atoms with Crippen LogP contribution in [-0.4, -0.2) is 44.2 Å². The van der Waals surface area contributed by atoms with Gasteiger partial charge in [-0.25, -0.2) is 9.34 Å². The molecule has 0 fully saturated rings. The maximum atomic E-state index is 11.5. The first-order valence-electron chi connectivity index (χ1n) is 4.23. The predicted molar refractivity (Wildman–Crippen MR) is 56.9 cm³/mol. The maximum absolute atomic E-state index is 11.5. The zero-order valence-corrected chi connectivity index (χ0v) is 10.4. The first-order chi connectivity index (χ1) is 5.30. The second kappa shape index (κ2) is 6.64. The van der Waals surface area contributed by atoms with Gasteiger partial charge in [-0.2, -0.15) is 0 Å². The SMILES string of the molecule is CCC.CN(C)P(C)(=O)N(C)C. The van der Waals surface area contributed by atoms with Crippen molar-refractivity contribution in [2.24, 2.45) is 0 Å². The van der Waals surface area contributed by atoms with Crippen LogP contribution in [0.5, 0.6) is 0 Å². The van der Waals surface area contributed by atoms with Gasteiger partial charge in [0.1, 0.15) is 0 Å². The highest BCUT2D eigenvalue weighted by molar-refractivity contribution is 7.58. The summed E-state index contributed by atoms with van der Waals surface area (Å²) in [4.78, 5) is 0. The van der Waals surface area contributed by atoms with Crippen molar-refractivity contribution in [2.75, 3.05) is 34.9 Å². The maximum Gasteiger partial charge on any atom is 0.212 e. The van der Waals surface area contributed by atoms with Crippen LogP contribution in [0, 0.1) is 0 Å². The van der Waals surface area contributed by atoms with Gasteiger partial charge in [0.05, 0.1) is 0 Å². The summed E-state index contributed by atoms with van der Waals surface area (Å²) in [7, 11) is 5.11. The van der Waals surface area contributed by atoms with Gasteiger partial charge in [0.25, 0.3) is 0 Å². The Hall–Kier alpha value is 0.150. The summed E-state index contributed by atoms with van der Waals surface area (Å²) in [6, 6.07) is 0. The van der Waals surface area contributed by atoms with Crippen molar-refractivity contribution in [3.63, 3.8) is 0 Å². The Morgan fingerprint density at radius 1 is 1.00 bits per heavy atom. The molecule has 0 bridgehead atoms. The molecule has 4 heteroatoms. The summed E-state index contributed by atoms with van der Waals surface area (Å²) in [5.74, 6) is 0. The molecule has 0 saturated carbocycles. The third-order valence-corrected chi connectivity index (χ3v) is 4.45. The molecule has 0 aromatic carbocycles. The summed E-state index contributed by atoms with van der Waals surface area (Å²) in [5.41, 5.74) is 0. The molecule has 76 valence electrons. The topological polar surface area (TPSA) is 23.6 Å². The Bertz CT molecular complexity index is 134. The van der Waals surface area contributed by atoms with E-state index in [1.165, 1.54) is 6.42 Å². The Labute approximate surface area is 77.2 Å². The second-order valence-corrected chi connectivity index (χ2v) is 6.51. The Kier molecular flexibility index (Phi) is 8.12. The summed E-state index contributed by atoms with van der Waals surface area (Å²) in [5, 5.41) is 0. The summed E-state index contributed by atoms with van der Waals surface area (Å²) in [6.45, 7) is 5.99. The molecule has 0 amide bonds. The van der Waals surface area contributed by atoms with Crippen LogP contribution in [0.15, 0.2) is 0 Å². The number of hydrogen-bond acceptors (Lipinski definition) is 1. The van der Waals surface area contributed by atoms with Gasteiger partial charge in [-0.05, 0) is 28.2 Å². The molecule has 12 heavy (non-hydrogen) atoms. The van der Waals surface area contributed by atoms with E-state index in [-0.39, 0.29) is 0 Å². The Morgan fingerprint density at radius 3 is 1.17 bits per heavy atom. The van der Waals surface area contributed by atoms with E-state index in [9.17, 15) is 4.57 Å². The van der Waals surface area contributed by atoms with Crippen LogP contribution in [0.3, 0.4) is 0 Å². The molecule has 0 aromatic rings. The van der Waals surface area contributed by atoms with Crippen LogP contribution >= 0.6 is 7.44 Å². The van der Waals surface area contributed by atoms with E-state index in [4.69, 9.17) is 0 Å². The first-order valence-corrected chi connectivity index (χ1v) is 6.29. The molecule has 0 unspecified atom stereocenters. The van der Waals surface area contributed by atoms with Gasteiger partial charge in [0.15, 0.2) is 0 Å². The highest BCUT2D eigenvalue weighted by Gasteiger charge is 2.19. The zero-order chi connectivity index (χ0) is 10.4. The monoisotopic (exact) mass is 194 g/mol. The van der Waals surface area contributed by atoms with Crippen molar-refractivity contribution in [1.29, 1.82) is 0 Å². The lowest BCUT2D eigenvalue weighted by molar-refractivity contribution is 0.455. The summed E-state index contributed by atoms with van der Waals surface area (Å²) < 4.78 is 15.0. The van der Waals surface area contributed by atoms with E-state index in [0.717, 1.165) is 0 Å². The molecular weight excluding hydrogens is 171 g/mol. The zero-order valence-electron chi connectivity index (χ0n) is 9.46. The third-order valence-electron chi connectivity index (χ3n) is 1.48. The predicted octanol–water partition coefficient (Wildman–Crippen LogP) is 2.35. The molecule has 0 aliphatic heterocycles. The first kappa shape index (κ1) is 14.7. The van der Waals surface area contributed by atoms with Crippen LogP contribution in [0.4, 0.5) is 0 Å². The fourth-order valence-electron chi connectivity index (χ4n) is 0.358. The second-order valence-electron chi connectivity index (χ2n) is 3.24. The highest BCUT2D eigenvalue weighted by atomic mass is 31.2. The van der Waals surface area contributed by atoms with E-state index < -0.39 is 7.44 Å². The quantitative estimate of drug-likeness (QED) is 0.630. The van der Waals surface area contributed by atoms with Gasteiger partial charge in [-0.1, -0.05) is 20.3 Å². The van der Waals surface area contributed by atoms with E-state index in [0.29, 0.717) is 0 Å². The Balaban J connectivity index is 0. The minimum absolute atomic E-state index is 1.25. The van der Waals surface area contributed by atoms with E-state index in [1.807, 2.05) is 28.2 Å². The van der Waals surface area contributed by atoms with Crippen LogP contribution in [0.25, 0.3) is 0 Å². The minimum atomic E-state index is -2.17. The fourth-order valence-corrected chi connectivity index (χ4v) is 1.07. The van der Waals surface area contributed by atoms with Crippen molar-refractivity contribution < 1.29 is 4.57 Å². The third kappa shape index (κ3) is 5.76. The summed E-state index contributed by atoms with van der Waals surface area (Å²) >= 11 is 0. The van der Waals surface area contributed by atoms with Crippen LogP contribution in [0.1, 0.15) is 20.3 Å². The van der Waals surface area contributed by atoms with Crippen molar-refractivity contribution >= 4 is 7.44 Å². The molecule has 0 spiro atoms. The number of nitrogens with zero attached hydrogens (tertiary/aromatic N) is 2. The largest absolute Gasteiger partial charge is 0.289 e. The minimum Gasteiger partial charge on any atom is -0.289 e. The van der Waals surface area contributed by atoms with Crippen molar-refractivity contribution in [3.8, 4) is 0 Å².